The van der Waals surface area contributed by atoms with Crippen LogP contribution < -0.4 is 14.8 Å². The number of anilines is 1. The zero-order valence-corrected chi connectivity index (χ0v) is 18.4. The molecule has 0 aliphatic carbocycles. The molecule has 6 heteroatoms. The van der Waals surface area contributed by atoms with Crippen molar-refractivity contribution in [3.63, 3.8) is 0 Å². The molecule has 6 nitrogen and oxygen atoms in total. The largest absolute Gasteiger partial charge is 0.493 e. The second kappa shape index (κ2) is 10.8. The quantitative estimate of drug-likeness (QED) is 0.568. The molecule has 166 valence electrons. The van der Waals surface area contributed by atoms with E-state index in [1.165, 1.54) is 5.56 Å². The topological polar surface area (TPSA) is 63.7 Å². The number of amides is 1. The lowest BCUT2D eigenvalue weighted by Gasteiger charge is -2.32. The Hall–Kier alpha value is -3.38. The molecule has 1 N–H and O–H groups in total. The van der Waals surface area contributed by atoms with Crippen LogP contribution in [0.15, 0.2) is 73.1 Å². The summed E-state index contributed by atoms with van der Waals surface area (Å²) in [6.45, 7) is 3.06. The molecule has 4 rings (SSSR count). The maximum absolute atomic E-state index is 13.0. The Kier molecular flexibility index (Phi) is 7.35. The van der Waals surface area contributed by atoms with Crippen LogP contribution in [-0.2, 0) is 17.9 Å². The monoisotopic (exact) mass is 431 g/mol. The fourth-order valence-electron chi connectivity index (χ4n) is 4.01. The van der Waals surface area contributed by atoms with Crippen LogP contribution in [0.2, 0.25) is 0 Å². The molecule has 1 aromatic heterocycles. The van der Waals surface area contributed by atoms with Crippen molar-refractivity contribution in [1.82, 2.24) is 9.88 Å². The van der Waals surface area contributed by atoms with E-state index in [0.717, 1.165) is 38.0 Å². The summed E-state index contributed by atoms with van der Waals surface area (Å²) in [6, 6.07) is 19.7. The van der Waals surface area contributed by atoms with E-state index in [4.69, 9.17) is 9.47 Å². The average Bonchev–Trinajstić information content (AvgIpc) is 2.84. The van der Waals surface area contributed by atoms with E-state index in [2.05, 4.69) is 39.5 Å². The van der Waals surface area contributed by atoms with Gasteiger partial charge < -0.3 is 14.8 Å². The van der Waals surface area contributed by atoms with Gasteiger partial charge in [0.2, 0.25) is 5.91 Å². The van der Waals surface area contributed by atoms with Gasteiger partial charge in [-0.2, -0.15) is 0 Å². The minimum absolute atomic E-state index is 0.0317. The van der Waals surface area contributed by atoms with Gasteiger partial charge >= 0.3 is 0 Å². The first-order valence-electron chi connectivity index (χ1n) is 11.0. The molecule has 32 heavy (non-hydrogen) atoms. The summed E-state index contributed by atoms with van der Waals surface area (Å²) >= 11 is 0. The lowest BCUT2D eigenvalue weighted by molar-refractivity contribution is -0.121. The second-order valence-electron chi connectivity index (χ2n) is 8.06. The van der Waals surface area contributed by atoms with E-state index in [1.807, 2.05) is 36.4 Å². The number of hydrogen-bond donors (Lipinski definition) is 1. The van der Waals surface area contributed by atoms with Gasteiger partial charge in [0.25, 0.3) is 0 Å². The van der Waals surface area contributed by atoms with Crippen molar-refractivity contribution in [2.75, 3.05) is 25.5 Å². The molecule has 1 fully saturated rings. The van der Waals surface area contributed by atoms with Gasteiger partial charge in [0.05, 0.1) is 13.0 Å². The number of pyridine rings is 1. The summed E-state index contributed by atoms with van der Waals surface area (Å²) in [5, 5.41) is 3.07. The molecule has 0 spiro atoms. The van der Waals surface area contributed by atoms with Crippen LogP contribution in [-0.4, -0.2) is 36.0 Å². The number of hydrogen-bond acceptors (Lipinski definition) is 5. The smallest absolute Gasteiger partial charge is 0.228 e. The molecule has 2 heterocycles. The lowest BCUT2D eigenvalue weighted by atomic mass is 9.96. The number of aromatic nitrogens is 1. The molecule has 1 atom stereocenters. The van der Waals surface area contributed by atoms with Gasteiger partial charge in [0.1, 0.15) is 6.61 Å². The van der Waals surface area contributed by atoms with Crippen LogP contribution in [0.1, 0.15) is 24.0 Å². The highest BCUT2D eigenvalue weighted by Crippen LogP contribution is 2.31. The summed E-state index contributed by atoms with van der Waals surface area (Å²) in [6.07, 6.45) is 5.39. The Morgan fingerprint density at radius 2 is 1.88 bits per heavy atom. The summed E-state index contributed by atoms with van der Waals surface area (Å²) in [4.78, 5) is 19.4. The van der Waals surface area contributed by atoms with Crippen LogP contribution >= 0.6 is 0 Å². The van der Waals surface area contributed by atoms with E-state index in [-0.39, 0.29) is 11.8 Å². The van der Waals surface area contributed by atoms with Gasteiger partial charge in [0, 0.05) is 37.2 Å². The van der Waals surface area contributed by atoms with E-state index >= 15 is 0 Å². The Balaban J connectivity index is 1.37. The zero-order valence-electron chi connectivity index (χ0n) is 18.4. The number of carbonyl (C=O) groups is 1. The molecule has 3 aromatic rings. The van der Waals surface area contributed by atoms with E-state index < -0.39 is 0 Å². The first kappa shape index (κ1) is 21.8. The number of methoxy groups -OCH3 is 1. The Morgan fingerprint density at radius 3 is 2.66 bits per heavy atom. The molecule has 1 aliphatic heterocycles. The number of nitrogens with one attached hydrogen (secondary N) is 1. The SMILES string of the molecule is COc1ccc(NC(=O)C2CCCN(Cc3ccccc3)C2)cc1OCc1ccncc1. The van der Waals surface area contributed by atoms with Crippen molar-refractivity contribution in [2.45, 2.75) is 26.0 Å². The molecule has 0 bridgehead atoms. The number of carbonyl (C=O) groups excluding carboxylic acids is 1. The maximum atomic E-state index is 13.0. The minimum Gasteiger partial charge on any atom is -0.493 e. The number of nitrogens with zero attached hydrogens (tertiary/aromatic N) is 2. The van der Waals surface area contributed by atoms with E-state index in [1.54, 1.807) is 19.5 Å². The molecule has 1 saturated heterocycles. The van der Waals surface area contributed by atoms with Crippen molar-refractivity contribution in [3.8, 4) is 11.5 Å². The Labute approximate surface area is 189 Å². The van der Waals surface area contributed by atoms with Crippen LogP contribution in [0.4, 0.5) is 5.69 Å². The van der Waals surface area contributed by atoms with Gasteiger partial charge in [-0.25, -0.2) is 0 Å². The molecule has 2 aromatic carbocycles. The highest BCUT2D eigenvalue weighted by molar-refractivity contribution is 5.93. The van der Waals surface area contributed by atoms with Crippen LogP contribution in [0, 0.1) is 5.92 Å². The fraction of sp³-hybridized carbons (Fsp3) is 0.308. The zero-order chi connectivity index (χ0) is 22.2. The predicted molar refractivity (Wildman–Crippen MR) is 125 cm³/mol. The average molecular weight is 432 g/mol. The lowest BCUT2D eigenvalue weighted by Crippen LogP contribution is -2.40. The standard InChI is InChI=1S/C26H29N3O3/c1-31-24-10-9-23(16-25(24)32-19-21-11-13-27-14-12-21)28-26(30)22-8-5-15-29(18-22)17-20-6-3-2-4-7-20/h2-4,6-7,9-14,16,22H,5,8,15,17-19H2,1H3,(H,28,30). The predicted octanol–water partition coefficient (Wildman–Crippen LogP) is 4.52. The van der Waals surface area contributed by atoms with Crippen molar-refractivity contribution in [3.05, 3.63) is 84.2 Å². The van der Waals surface area contributed by atoms with E-state index in [9.17, 15) is 4.79 Å². The molecular weight excluding hydrogens is 402 g/mol. The minimum atomic E-state index is -0.0317. The third-order valence-electron chi connectivity index (χ3n) is 5.70. The number of benzene rings is 2. The molecule has 0 saturated carbocycles. The normalized spacial score (nSPS) is 16.3. The Bertz CT molecular complexity index is 1010. The second-order valence-corrected chi connectivity index (χ2v) is 8.06. The van der Waals surface area contributed by atoms with Crippen LogP contribution in [0.5, 0.6) is 11.5 Å². The van der Waals surface area contributed by atoms with Gasteiger partial charge in [-0.05, 0) is 54.8 Å². The van der Waals surface area contributed by atoms with Gasteiger partial charge in [0.15, 0.2) is 11.5 Å². The van der Waals surface area contributed by atoms with Crippen LogP contribution in [0.25, 0.3) is 0 Å². The summed E-state index contributed by atoms with van der Waals surface area (Å²) in [5.41, 5.74) is 3.00. The third kappa shape index (κ3) is 5.86. The first-order chi connectivity index (χ1) is 15.7. The number of piperidine rings is 1. The summed E-state index contributed by atoms with van der Waals surface area (Å²) in [7, 11) is 1.61. The highest BCUT2D eigenvalue weighted by atomic mass is 16.5. The van der Waals surface area contributed by atoms with Crippen LogP contribution in [0.3, 0.4) is 0 Å². The number of ether oxygens (including phenoxy) is 2. The molecule has 0 radical (unpaired) electrons. The highest BCUT2D eigenvalue weighted by Gasteiger charge is 2.26. The fourth-order valence-corrected chi connectivity index (χ4v) is 4.01. The maximum Gasteiger partial charge on any atom is 0.228 e. The number of likely N-dealkylation sites (tertiary alicyclic amines) is 1. The molecule has 1 aliphatic rings. The van der Waals surface area contributed by atoms with Crippen molar-refractivity contribution in [1.29, 1.82) is 0 Å². The summed E-state index contributed by atoms with van der Waals surface area (Å²) in [5.74, 6) is 1.24. The number of rotatable bonds is 8. The van der Waals surface area contributed by atoms with Gasteiger partial charge in [-0.15, -0.1) is 0 Å². The third-order valence-corrected chi connectivity index (χ3v) is 5.70. The first-order valence-corrected chi connectivity index (χ1v) is 11.0. The molecule has 1 unspecified atom stereocenters. The molecule has 1 amide bonds. The van der Waals surface area contributed by atoms with Gasteiger partial charge in [-0.3, -0.25) is 14.7 Å². The Morgan fingerprint density at radius 1 is 1.06 bits per heavy atom. The van der Waals surface area contributed by atoms with Gasteiger partial charge in [-0.1, -0.05) is 30.3 Å². The van der Waals surface area contributed by atoms with E-state index in [0.29, 0.717) is 23.8 Å². The summed E-state index contributed by atoms with van der Waals surface area (Å²) < 4.78 is 11.4. The molecular formula is C26H29N3O3. The van der Waals surface area contributed by atoms with Crippen molar-refractivity contribution >= 4 is 11.6 Å². The van der Waals surface area contributed by atoms with Crippen molar-refractivity contribution in [2.24, 2.45) is 5.92 Å². The van der Waals surface area contributed by atoms with Crippen molar-refractivity contribution < 1.29 is 14.3 Å².